The van der Waals surface area contributed by atoms with Crippen molar-refractivity contribution >= 4 is 11.8 Å². The summed E-state index contributed by atoms with van der Waals surface area (Å²) in [6.45, 7) is 1.30. The molecule has 0 saturated heterocycles. The first-order valence-electron chi connectivity index (χ1n) is 3.93. The molecule has 14 heavy (non-hydrogen) atoms. The summed E-state index contributed by atoms with van der Waals surface area (Å²) in [7, 11) is 0. The molecule has 0 aliphatic heterocycles. The highest BCUT2D eigenvalue weighted by molar-refractivity contribution is 5.95. The first kappa shape index (κ1) is 10.0. The van der Waals surface area contributed by atoms with E-state index in [2.05, 4.69) is 5.48 Å². The predicted molar refractivity (Wildman–Crippen MR) is 49.4 cm³/mol. The molecule has 0 bridgehead atoms. The maximum absolute atomic E-state index is 10.9. The van der Waals surface area contributed by atoms with E-state index in [-0.39, 0.29) is 17.2 Å². The minimum absolute atomic E-state index is 0.223. The number of nitrogens with two attached hydrogens (primary N) is 1. The van der Waals surface area contributed by atoms with Crippen LogP contribution in [0.15, 0.2) is 24.3 Å². The molecule has 1 rings (SSSR count). The van der Waals surface area contributed by atoms with Crippen LogP contribution in [0, 0.1) is 0 Å². The Balaban J connectivity index is 2.84. The van der Waals surface area contributed by atoms with Gasteiger partial charge in [-0.3, -0.25) is 9.59 Å². The zero-order chi connectivity index (χ0) is 10.6. The van der Waals surface area contributed by atoms with Crippen LogP contribution in [0.5, 0.6) is 5.75 Å². The highest BCUT2D eigenvalue weighted by atomic mass is 16.7. The van der Waals surface area contributed by atoms with Crippen molar-refractivity contribution in [1.82, 2.24) is 5.48 Å². The van der Waals surface area contributed by atoms with Gasteiger partial charge in [-0.25, -0.2) is 0 Å². The SMILES string of the molecule is CC(=O)NOc1ccccc1C(N)=O. The van der Waals surface area contributed by atoms with Crippen LogP contribution >= 0.6 is 0 Å². The summed E-state index contributed by atoms with van der Waals surface area (Å²) in [6, 6.07) is 6.37. The van der Waals surface area contributed by atoms with E-state index in [1.54, 1.807) is 12.1 Å². The van der Waals surface area contributed by atoms with Crippen LogP contribution in [0.4, 0.5) is 0 Å². The van der Waals surface area contributed by atoms with Crippen LogP contribution in [0.2, 0.25) is 0 Å². The highest BCUT2D eigenvalue weighted by Gasteiger charge is 2.08. The van der Waals surface area contributed by atoms with Crippen molar-refractivity contribution in [3.8, 4) is 5.75 Å². The summed E-state index contributed by atoms with van der Waals surface area (Å²) >= 11 is 0. The highest BCUT2D eigenvalue weighted by Crippen LogP contribution is 2.15. The van der Waals surface area contributed by atoms with Gasteiger partial charge in [0.15, 0.2) is 5.75 Å². The van der Waals surface area contributed by atoms with Crippen LogP contribution in [0.25, 0.3) is 0 Å². The zero-order valence-corrected chi connectivity index (χ0v) is 7.61. The molecule has 1 aromatic rings. The molecule has 2 amide bonds. The number of carbonyl (C=O) groups is 2. The zero-order valence-electron chi connectivity index (χ0n) is 7.61. The van der Waals surface area contributed by atoms with Crippen LogP contribution < -0.4 is 16.1 Å². The van der Waals surface area contributed by atoms with Crippen molar-refractivity contribution in [2.75, 3.05) is 0 Å². The molecular weight excluding hydrogens is 184 g/mol. The Kier molecular flexibility index (Phi) is 3.06. The molecule has 3 N–H and O–H groups in total. The van der Waals surface area contributed by atoms with Crippen molar-refractivity contribution in [2.24, 2.45) is 5.73 Å². The predicted octanol–water partition coefficient (Wildman–Crippen LogP) is 0.215. The summed E-state index contributed by atoms with van der Waals surface area (Å²) in [5, 5.41) is 0. The Hall–Kier alpha value is -2.04. The Morgan fingerprint density at radius 1 is 1.36 bits per heavy atom. The fourth-order valence-electron chi connectivity index (χ4n) is 0.886. The molecule has 0 heterocycles. The number of para-hydroxylation sites is 1. The van der Waals surface area contributed by atoms with Crippen LogP contribution in [0.3, 0.4) is 0 Å². The second kappa shape index (κ2) is 4.27. The number of hydrogen-bond acceptors (Lipinski definition) is 3. The topological polar surface area (TPSA) is 81.4 Å². The second-order valence-corrected chi connectivity index (χ2v) is 2.62. The lowest BCUT2D eigenvalue weighted by atomic mass is 10.2. The number of hydroxylamine groups is 1. The minimum atomic E-state index is -0.606. The number of carbonyl (C=O) groups excluding carboxylic acids is 2. The fraction of sp³-hybridized carbons (Fsp3) is 0.111. The molecule has 0 aliphatic rings. The van der Waals surface area contributed by atoms with Gasteiger partial charge >= 0.3 is 0 Å². The van der Waals surface area contributed by atoms with Gasteiger partial charge in [0, 0.05) is 6.92 Å². The molecule has 5 heteroatoms. The average Bonchev–Trinajstić information content (AvgIpc) is 2.15. The molecular formula is C9H10N2O3. The standard InChI is InChI=1S/C9H10N2O3/c1-6(12)11-14-8-5-3-2-4-7(8)9(10)13/h2-5H,1H3,(H2,10,13)(H,11,12). The van der Waals surface area contributed by atoms with Gasteiger partial charge in [-0.05, 0) is 12.1 Å². The quantitative estimate of drug-likeness (QED) is 0.675. The molecule has 74 valence electrons. The lowest BCUT2D eigenvalue weighted by molar-refractivity contribution is -0.125. The Morgan fingerprint density at radius 2 is 2.00 bits per heavy atom. The molecule has 0 spiro atoms. The van der Waals surface area contributed by atoms with Crippen LogP contribution in [0.1, 0.15) is 17.3 Å². The van der Waals surface area contributed by atoms with E-state index in [9.17, 15) is 9.59 Å². The van der Waals surface area contributed by atoms with E-state index < -0.39 is 5.91 Å². The molecule has 0 unspecified atom stereocenters. The van der Waals surface area contributed by atoms with Gasteiger partial charge in [-0.1, -0.05) is 12.1 Å². The number of benzene rings is 1. The largest absolute Gasteiger partial charge is 0.379 e. The molecule has 1 aromatic carbocycles. The first-order valence-corrected chi connectivity index (χ1v) is 3.93. The second-order valence-electron chi connectivity index (χ2n) is 2.62. The number of hydrogen-bond donors (Lipinski definition) is 2. The van der Waals surface area contributed by atoms with E-state index in [4.69, 9.17) is 10.6 Å². The minimum Gasteiger partial charge on any atom is -0.379 e. The van der Waals surface area contributed by atoms with Crippen molar-refractivity contribution in [1.29, 1.82) is 0 Å². The van der Waals surface area contributed by atoms with Gasteiger partial charge in [-0.2, -0.15) is 5.48 Å². The van der Waals surface area contributed by atoms with Gasteiger partial charge < -0.3 is 10.6 Å². The lowest BCUT2D eigenvalue weighted by Gasteiger charge is -2.07. The summed E-state index contributed by atoms with van der Waals surface area (Å²) in [5.74, 6) is -0.731. The normalized spacial score (nSPS) is 9.21. The molecule has 0 saturated carbocycles. The summed E-state index contributed by atoms with van der Waals surface area (Å²) < 4.78 is 0. The van der Waals surface area contributed by atoms with E-state index in [1.807, 2.05) is 0 Å². The maximum atomic E-state index is 10.9. The first-order chi connectivity index (χ1) is 6.61. The number of primary amides is 1. The van der Waals surface area contributed by atoms with E-state index in [0.717, 1.165) is 0 Å². The lowest BCUT2D eigenvalue weighted by Crippen LogP contribution is -2.25. The van der Waals surface area contributed by atoms with Gasteiger partial charge in [0.25, 0.3) is 5.91 Å². The maximum Gasteiger partial charge on any atom is 0.252 e. The monoisotopic (exact) mass is 194 g/mol. The number of amides is 2. The van der Waals surface area contributed by atoms with Crippen LogP contribution in [-0.2, 0) is 4.79 Å². The molecule has 0 atom stereocenters. The van der Waals surface area contributed by atoms with E-state index >= 15 is 0 Å². The smallest absolute Gasteiger partial charge is 0.252 e. The fourth-order valence-corrected chi connectivity index (χ4v) is 0.886. The van der Waals surface area contributed by atoms with E-state index in [1.165, 1.54) is 19.1 Å². The summed E-state index contributed by atoms with van der Waals surface area (Å²) in [5.41, 5.74) is 7.42. The van der Waals surface area contributed by atoms with Gasteiger partial charge in [0.1, 0.15) is 0 Å². The molecule has 0 aliphatic carbocycles. The van der Waals surface area contributed by atoms with Gasteiger partial charge in [-0.15, -0.1) is 0 Å². The van der Waals surface area contributed by atoms with E-state index in [0.29, 0.717) is 0 Å². The third kappa shape index (κ3) is 2.48. The summed E-state index contributed by atoms with van der Waals surface area (Å²) in [6.07, 6.45) is 0. The van der Waals surface area contributed by atoms with Crippen molar-refractivity contribution in [2.45, 2.75) is 6.92 Å². The third-order valence-corrected chi connectivity index (χ3v) is 1.46. The molecule has 0 fully saturated rings. The average molecular weight is 194 g/mol. The van der Waals surface area contributed by atoms with Crippen molar-refractivity contribution in [3.63, 3.8) is 0 Å². The van der Waals surface area contributed by atoms with Crippen molar-refractivity contribution in [3.05, 3.63) is 29.8 Å². The van der Waals surface area contributed by atoms with Crippen LogP contribution in [-0.4, -0.2) is 11.8 Å². The molecule has 0 aromatic heterocycles. The van der Waals surface area contributed by atoms with Gasteiger partial charge in [0.2, 0.25) is 5.91 Å². The van der Waals surface area contributed by atoms with Crippen molar-refractivity contribution < 1.29 is 14.4 Å². The Labute approximate surface area is 80.8 Å². The molecule has 0 radical (unpaired) electrons. The number of nitrogens with one attached hydrogen (secondary N) is 1. The Bertz CT molecular complexity index is 363. The third-order valence-electron chi connectivity index (χ3n) is 1.46. The molecule has 5 nitrogen and oxygen atoms in total. The van der Waals surface area contributed by atoms with Gasteiger partial charge in [0.05, 0.1) is 5.56 Å². The number of rotatable bonds is 3. The summed E-state index contributed by atoms with van der Waals surface area (Å²) in [4.78, 5) is 26.3. The Morgan fingerprint density at radius 3 is 2.57 bits per heavy atom.